The Kier molecular flexibility index (Phi) is 5.24. The summed E-state index contributed by atoms with van der Waals surface area (Å²) in [6.07, 6.45) is 4.16. The molecule has 1 aliphatic rings. The van der Waals surface area contributed by atoms with Crippen LogP contribution < -0.4 is 10.2 Å². The van der Waals surface area contributed by atoms with Crippen molar-refractivity contribution in [3.8, 4) is 5.75 Å². The van der Waals surface area contributed by atoms with Crippen LogP contribution >= 0.6 is 0 Å². The first-order valence-electron chi connectivity index (χ1n) is 10.2. The van der Waals surface area contributed by atoms with Crippen LogP contribution in [0.5, 0.6) is 5.75 Å². The summed E-state index contributed by atoms with van der Waals surface area (Å²) in [6.45, 7) is 2.28. The SMILES string of the molecule is O=c1c(CN2CCOc3ccc(C(O)c4ccncc4)cc3C2)coc2ccccc12. The number of fused-ring (bicyclic) bond motifs is 2. The summed E-state index contributed by atoms with van der Waals surface area (Å²) in [5.74, 6) is 0.804. The van der Waals surface area contributed by atoms with Gasteiger partial charge < -0.3 is 14.3 Å². The molecule has 3 heterocycles. The number of benzene rings is 2. The molecule has 6 heteroatoms. The van der Waals surface area contributed by atoms with Crippen molar-refractivity contribution in [1.82, 2.24) is 9.88 Å². The third-order valence-electron chi connectivity index (χ3n) is 5.63. The molecule has 0 saturated carbocycles. The molecule has 0 radical (unpaired) electrons. The smallest absolute Gasteiger partial charge is 0.197 e. The van der Waals surface area contributed by atoms with Crippen LogP contribution in [0.2, 0.25) is 0 Å². The second-order valence-electron chi connectivity index (χ2n) is 7.70. The molecule has 1 N–H and O–H groups in total. The molecule has 0 aliphatic carbocycles. The molecule has 6 nitrogen and oxygen atoms in total. The zero-order valence-electron chi connectivity index (χ0n) is 16.9. The first-order valence-corrected chi connectivity index (χ1v) is 10.2. The van der Waals surface area contributed by atoms with Crippen molar-refractivity contribution in [3.05, 3.63) is 106 Å². The predicted octanol–water partition coefficient (Wildman–Crippen LogP) is 3.66. The Balaban J connectivity index is 1.41. The van der Waals surface area contributed by atoms with E-state index < -0.39 is 6.10 Å². The molecule has 1 unspecified atom stereocenters. The van der Waals surface area contributed by atoms with Gasteiger partial charge in [0.15, 0.2) is 5.43 Å². The lowest BCUT2D eigenvalue weighted by molar-refractivity contribution is 0.217. The highest BCUT2D eigenvalue weighted by Gasteiger charge is 2.20. The maximum Gasteiger partial charge on any atom is 0.197 e. The van der Waals surface area contributed by atoms with Gasteiger partial charge in [0.2, 0.25) is 0 Å². The molecule has 0 spiro atoms. The van der Waals surface area contributed by atoms with Crippen LogP contribution in [-0.2, 0) is 13.1 Å². The van der Waals surface area contributed by atoms with Gasteiger partial charge in [-0.3, -0.25) is 14.7 Å². The van der Waals surface area contributed by atoms with Gasteiger partial charge in [0, 0.05) is 43.2 Å². The average molecular weight is 414 g/mol. The standard InChI is InChI=1S/C25H22N2O4/c28-24(17-7-9-26-10-8-17)18-5-6-22-19(13-18)14-27(11-12-30-22)15-20-16-31-23-4-2-1-3-21(23)25(20)29/h1-10,13,16,24,28H,11-12,14-15H2. The number of para-hydroxylation sites is 1. The maximum atomic E-state index is 12.9. The van der Waals surface area contributed by atoms with Crippen molar-refractivity contribution in [2.45, 2.75) is 19.2 Å². The van der Waals surface area contributed by atoms with Crippen LogP contribution in [0.15, 0.2) is 82.5 Å². The molecule has 1 atom stereocenters. The number of pyridine rings is 1. The van der Waals surface area contributed by atoms with Crippen molar-refractivity contribution in [3.63, 3.8) is 0 Å². The molecule has 2 aromatic heterocycles. The zero-order chi connectivity index (χ0) is 21.2. The molecule has 2 aromatic carbocycles. The number of hydrogen-bond donors (Lipinski definition) is 1. The third kappa shape index (κ3) is 3.95. The Morgan fingerprint density at radius 2 is 1.90 bits per heavy atom. The van der Waals surface area contributed by atoms with E-state index in [0.29, 0.717) is 42.8 Å². The highest BCUT2D eigenvalue weighted by molar-refractivity contribution is 5.76. The van der Waals surface area contributed by atoms with E-state index in [1.165, 1.54) is 0 Å². The lowest BCUT2D eigenvalue weighted by Crippen LogP contribution is -2.28. The van der Waals surface area contributed by atoms with E-state index in [4.69, 9.17) is 9.15 Å². The molecule has 0 bridgehead atoms. The van der Waals surface area contributed by atoms with E-state index in [-0.39, 0.29) is 5.43 Å². The minimum absolute atomic E-state index is 0.00546. The van der Waals surface area contributed by atoms with Crippen LogP contribution in [0, 0.1) is 0 Å². The van der Waals surface area contributed by atoms with Crippen LogP contribution in [0.3, 0.4) is 0 Å². The summed E-state index contributed by atoms with van der Waals surface area (Å²) in [5, 5.41) is 11.4. The third-order valence-corrected chi connectivity index (χ3v) is 5.63. The van der Waals surface area contributed by atoms with Gasteiger partial charge in [0.1, 0.15) is 24.0 Å². The van der Waals surface area contributed by atoms with Gasteiger partial charge in [-0.2, -0.15) is 0 Å². The van der Waals surface area contributed by atoms with E-state index in [1.54, 1.807) is 42.9 Å². The van der Waals surface area contributed by atoms with E-state index in [0.717, 1.165) is 22.4 Å². The van der Waals surface area contributed by atoms with Crippen molar-refractivity contribution in [2.24, 2.45) is 0 Å². The molecule has 156 valence electrons. The average Bonchev–Trinajstić information content (AvgIpc) is 3.02. The second-order valence-corrected chi connectivity index (χ2v) is 7.70. The molecule has 0 amide bonds. The van der Waals surface area contributed by atoms with Crippen molar-refractivity contribution < 1.29 is 14.3 Å². The second kappa shape index (κ2) is 8.34. The molecule has 0 fully saturated rings. The fourth-order valence-electron chi connectivity index (χ4n) is 3.98. The first kappa shape index (κ1) is 19.5. The molecule has 1 aliphatic heterocycles. The fraction of sp³-hybridized carbons (Fsp3) is 0.200. The van der Waals surface area contributed by atoms with Gasteiger partial charge >= 0.3 is 0 Å². The highest BCUT2D eigenvalue weighted by atomic mass is 16.5. The van der Waals surface area contributed by atoms with Crippen molar-refractivity contribution in [1.29, 1.82) is 0 Å². The molecule has 0 saturated heterocycles. The molecule has 5 rings (SSSR count). The van der Waals surface area contributed by atoms with E-state index in [9.17, 15) is 9.90 Å². The Bertz CT molecular complexity index is 1270. The molecule has 4 aromatic rings. The summed E-state index contributed by atoms with van der Waals surface area (Å²) in [5.41, 5.74) is 3.77. The lowest BCUT2D eigenvalue weighted by atomic mass is 10.00. The Hall–Kier alpha value is -3.48. The number of aromatic nitrogens is 1. The Labute approximate surface area is 179 Å². The normalized spacial score (nSPS) is 15.1. The van der Waals surface area contributed by atoms with Crippen LogP contribution in [0.4, 0.5) is 0 Å². The van der Waals surface area contributed by atoms with E-state index in [1.807, 2.05) is 30.3 Å². The summed E-state index contributed by atoms with van der Waals surface area (Å²) >= 11 is 0. The van der Waals surface area contributed by atoms with Gasteiger partial charge in [-0.15, -0.1) is 0 Å². The number of rotatable bonds is 4. The minimum Gasteiger partial charge on any atom is -0.492 e. The monoisotopic (exact) mass is 414 g/mol. The lowest BCUT2D eigenvalue weighted by Gasteiger charge is -2.19. The van der Waals surface area contributed by atoms with Gasteiger partial charge in [0.25, 0.3) is 0 Å². The topological polar surface area (TPSA) is 75.8 Å². The van der Waals surface area contributed by atoms with Gasteiger partial charge in [-0.25, -0.2) is 0 Å². The summed E-state index contributed by atoms with van der Waals surface area (Å²) in [7, 11) is 0. The fourth-order valence-corrected chi connectivity index (χ4v) is 3.98. The van der Waals surface area contributed by atoms with Gasteiger partial charge in [-0.1, -0.05) is 18.2 Å². The number of hydrogen-bond acceptors (Lipinski definition) is 6. The van der Waals surface area contributed by atoms with Gasteiger partial charge in [-0.05, 0) is 47.5 Å². The predicted molar refractivity (Wildman–Crippen MR) is 117 cm³/mol. The van der Waals surface area contributed by atoms with Gasteiger partial charge in [0.05, 0.1) is 11.6 Å². The molecular weight excluding hydrogens is 392 g/mol. The van der Waals surface area contributed by atoms with Crippen LogP contribution in [0.1, 0.15) is 28.4 Å². The maximum absolute atomic E-state index is 12.9. The van der Waals surface area contributed by atoms with Crippen LogP contribution in [0.25, 0.3) is 11.0 Å². The first-order chi connectivity index (χ1) is 15.2. The van der Waals surface area contributed by atoms with Crippen molar-refractivity contribution in [2.75, 3.05) is 13.2 Å². The number of nitrogens with zero attached hydrogens (tertiary/aromatic N) is 2. The largest absolute Gasteiger partial charge is 0.492 e. The molecular formula is C25H22N2O4. The molecule has 31 heavy (non-hydrogen) atoms. The summed E-state index contributed by atoms with van der Waals surface area (Å²) in [4.78, 5) is 19.0. The van der Waals surface area contributed by atoms with E-state index in [2.05, 4.69) is 9.88 Å². The number of aliphatic hydroxyl groups excluding tert-OH is 1. The summed E-state index contributed by atoms with van der Waals surface area (Å²) in [6, 6.07) is 16.7. The highest BCUT2D eigenvalue weighted by Crippen LogP contribution is 2.29. The zero-order valence-corrected chi connectivity index (χ0v) is 16.9. The number of aliphatic hydroxyl groups is 1. The summed E-state index contributed by atoms with van der Waals surface area (Å²) < 4.78 is 11.6. The quantitative estimate of drug-likeness (QED) is 0.549. The van der Waals surface area contributed by atoms with Crippen molar-refractivity contribution >= 4 is 11.0 Å². The Morgan fingerprint density at radius 3 is 2.77 bits per heavy atom. The minimum atomic E-state index is -0.738. The Morgan fingerprint density at radius 1 is 1.06 bits per heavy atom. The van der Waals surface area contributed by atoms with E-state index >= 15 is 0 Å². The van der Waals surface area contributed by atoms with Crippen LogP contribution in [-0.4, -0.2) is 28.1 Å². The number of ether oxygens (including phenoxy) is 1.